The third kappa shape index (κ3) is 9.38. The number of Topliss-reactive ketones (excluding diaryl/α,β-unsaturated/α-hetero) is 1. The van der Waals surface area contributed by atoms with Crippen molar-refractivity contribution in [3.63, 3.8) is 0 Å². The molecule has 0 fully saturated rings. The third-order valence-corrected chi connectivity index (χ3v) is 4.57. The number of methoxy groups -OCH3 is 1. The Kier molecular flexibility index (Phi) is 11.1. The Morgan fingerprint density at radius 2 is 1.93 bits per heavy atom. The average molecular weight is 376 g/mol. The monoisotopic (exact) mass is 376 g/mol. The fourth-order valence-corrected chi connectivity index (χ4v) is 3.14. The van der Waals surface area contributed by atoms with Gasteiger partial charge in [0.05, 0.1) is 13.5 Å². The van der Waals surface area contributed by atoms with E-state index in [-0.39, 0.29) is 30.3 Å². The minimum Gasteiger partial charge on any atom is -0.504 e. The summed E-state index contributed by atoms with van der Waals surface area (Å²) in [5.41, 5.74) is 0.719. The fraction of sp³-hybridized carbons (Fsp3) is 0.545. The van der Waals surface area contributed by atoms with Gasteiger partial charge in [0.25, 0.3) is 0 Å². The van der Waals surface area contributed by atoms with Crippen molar-refractivity contribution in [2.45, 2.75) is 58.3 Å². The van der Waals surface area contributed by atoms with Gasteiger partial charge >= 0.3 is 0 Å². The maximum absolute atomic E-state index is 12.0. The minimum absolute atomic E-state index is 0.0367. The predicted molar refractivity (Wildman–Crippen MR) is 107 cm³/mol. The van der Waals surface area contributed by atoms with Crippen molar-refractivity contribution in [3.05, 3.63) is 29.8 Å². The molecule has 1 rings (SSSR count). The summed E-state index contributed by atoms with van der Waals surface area (Å²) in [5, 5.41) is 18.5. The molecule has 0 amide bonds. The highest BCUT2D eigenvalue weighted by Crippen LogP contribution is 2.26. The normalized spacial score (nSPS) is 12.3. The first-order valence-electron chi connectivity index (χ1n) is 9.70. The van der Waals surface area contributed by atoms with E-state index in [4.69, 9.17) is 9.84 Å². The van der Waals surface area contributed by atoms with Crippen LogP contribution in [0.1, 0.15) is 63.9 Å². The van der Waals surface area contributed by atoms with Crippen molar-refractivity contribution in [2.24, 2.45) is 5.92 Å². The standard InChI is InChI=1S/C22H32O5/c1-3-6-17(8-5-14-23)7-4-9-19(24)16-20(25)12-10-18-11-13-21(26)22(15-18)27-2/h10-13,15,17,23,26H,3-9,14,16H2,1-2H3. The summed E-state index contributed by atoms with van der Waals surface area (Å²) < 4.78 is 5.03. The summed E-state index contributed by atoms with van der Waals surface area (Å²) in [5.74, 6) is 0.665. The number of ether oxygens (including phenoxy) is 1. The van der Waals surface area contributed by atoms with Gasteiger partial charge in [-0.1, -0.05) is 38.3 Å². The summed E-state index contributed by atoms with van der Waals surface area (Å²) in [6.45, 7) is 2.36. The molecule has 2 N–H and O–H groups in total. The lowest BCUT2D eigenvalue weighted by atomic mass is 9.91. The fourth-order valence-electron chi connectivity index (χ4n) is 3.14. The van der Waals surface area contributed by atoms with Gasteiger partial charge in [-0.15, -0.1) is 0 Å². The number of ketones is 2. The first-order chi connectivity index (χ1) is 13.0. The first kappa shape index (κ1) is 22.9. The number of aromatic hydroxyl groups is 1. The summed E-state index contributed by atoms with van der Waals surface area (Å²) in [4.78, 5) is 24.0. The molecule has 0 spiro atoms. The molecule has 1 atom stereocenters. The lowest BCUT2D eigenvalue weighted by Crippen LogP contribution is -2.07. The van der Waals surface area contributed by atoms with E-state index in [0.717, 1.165) is 44.1 Å². The molecule has 0 aromatic heterocycles. The molecule has 27 heavy (non-hydrogen) atoms. The van der Waals surface area contributed by atoms with Crippen molar-refractivity contribution in [2.75, 3.05) is 13.7 Å². The van der Waals surface area contributed by atoms with E-state index in [0.29, 0.717) is 18.1 Å². The maximum atomic E-state index is 12.0. The van der Waals surface area contributed by atoms with Gasteiger partial charge < -0.3 is 14.9 Å². The molecule has 0 saturated heterocycles. The van der Waals surface area contributed by atoms with Crippen molar-refractivity contribution in [3.8, 4) is 11.5 Å². The van der Waals surface area contributed by atoms with E-state index in [9.17, 15) is 14.7 Å². The van der Waals surface area contributed by atoms with Crippen LogP contribution in [0.3, 0.4) is 0 Å². The summed E-state index contributed by atoms with van der Waals surface area (Å²) in [7, 11) is 1.46. The summed E-state index contributed by atoms with van der Waals surface area (Å²) >= 11 is 0. The van der Waals surface area contributed by atoms with Gasteiger partial charge in [-0.05, 0) is 49.0 Å². The smallest absolute Gasteiger partial charge is 0.163 e. The number of benzene rings is 1. The van der Waals surface area contributed by atoms with Crippen LogP contribution in [0.4, 0.5) is 0 Å². The SMILES string of the molecule is CCCC(CCCO)CCCC(=O)CC(=O)C=Cc1ccc(O)c(OC)c1. The second-order valence-corrected chi connectivity index (χ2v) is 6.86. The second-order valence-electron chi connectivity index (χ2n) is 6.86. The van der Waals surface area contributed by atoms with Gasteiger partial charge in [-0.2, -0.15) is 0 Å². The Labute approximate surface area is 162 Å². The number of aliphatic hydroxyl groups is 1. The topological polar surface area (TPSA) is 83.8 Å². The van der Waals surface area contributed by atoms with Crippen LogP contribution in [0.2, 0.25) is 0 Å². The number of phenolic OH excluding ortho intramolecular Hbond substituents is 1. The van der Waals surface area contributed by atoms with E-state index in [2.05, 4.69) is 6.92 Å². The Morgan fingerprint density at radius 1 is 1.19 bits per heavy atom. The number of allylic oxidation sites excluding steroid dienone is 1. The highest BCUT2D eigenvalue weighted by molar-refractivity contribution is 6.06. The highest BCUT2D eigenvalue weighted by atomic mass is 16.5. The first-order valence-corrected chi connectivity index (χ1v) is 9.70. The molecule has 0 aliphatic carbocycles. The van der Waals surface area contributed by atoms with Gasteiger partial charge in [-0.25, -0.2) is 0 Å². The number of aliphatic hydroxyl groups excluding tert-OH is 1. The molecule has 1 unspecified atom stereocenters. The minimum atomic E-state index is -0.225. The van der Waals surface area contributed by atoms with Crippen molar-refractivity contribution in [1.29, 1.82) is 0 Å². The van der Waals surface area contributed by atoms with Crippen molar-refractivity contribution >= 4 is 17.6 Å². The summed E-state index contributed by atoms with van der Waals surface area (Å²) in [6.07, 6.45) is 9.14. The molecule has 1 aromatic carbocycles. The lowest BCUT2D eigenvalue weighted by molar-refractivity contribution is -0.124. The van der Waals surface area contributed by atoms with Crippen molar-refractivity contribution in [1.82, 2.24) is 0 Å². The summed E-state index contributed by atoms with van der Waals surface area (Å²) in [6, 6.07) is 4.79. The largest absolute Gasteiger partial charge is 0.504 e. The van der Waals surface area contributed by atoms with Crippen LogP contribution in [0.15, 0.2) is 24.3 Å². The van der Waals surface area contributed by atoms with E-state index in [1.165, 1.54) is 19.3 Å². The van der Waals surface area contributed by atoms with Crippen molar-refractivity contribution < 1.29 is 24.5 Å². The predicted octanol–water partition coefficient (Wildman–Crippen LogP) is 4.30. The van der Waals surface area contributed by atoms with Crippen LogP contribution in [-0.4, -0.2) is 35.5 Å². The van der Waals surface area contributed by atoms with Crippen LogP contribution < -0.4 is 4.74 Å². The van der Waals surface area contributed by atoms with Gasteiger partial charge in [-0.3, -0.25) is 9.59 Å². The Morgan fingerprint density at radius 3 is 2.59 bits per heavy atom. The molecule has 1 aromatic rings. The third-order valence-electron chi connectivity index (χ3n) is 4.57. The van der Waals surface area contributed by atoms with E-state index in [1.807, 2.05) is 0 Å². The zero-order valence-corrected chi connectivity index (χ0v) is 16.4. The molecule has 0 heterocycles. The van der Waals surface area contributed by atoms with E-state index >= 15 is 0 Å². The lowest BCUT2D eigenvalue weighted by Gasteiger charge is -2.14. The number of rotatable bonds is 14. The Bertz CT molecular complexity index is 621. The Balaban J connectivity index is 2.40. The molecular weight excluding hydrogens is 344 g/mol. The highest BCUT2D eigenvalue weighted by Gasteiger charge is 2.11. The molecule has 0 radical (unpaired) electrons. The van der Waals surface area contributed by atoms with Crippen LogP contribution >= 0.6 is 0 Å². The molecule has 0 bridgehead atoms. The molecule has 0 saturated carbocycles. The number of phenols is 1. The molecule has 0 aliphatic rings. The molecule has 5 heteroatoms. The molecular formula is C22H32O5. The van der Waals surface area contributed by atoms with Crippen LogP contribution in [0.5, 0.6) is 11.5 Å². The van der Waals surface area contributed by atoms with Crippen LogP contribution in [-0.2, 0) is 9.59 Å². The second kappa shape index (κ2) is 13.1. The molecule has 150 valence electrons. The molecule has 5 nitrogen and oxygen atoms in total. The van der Waals surface area contributed by atoms with E-state index in [1.54, 1.807) is 18.2 Å². The van der Waals surface area contributed by atoms with Crippen LogP contribution in [0.25, 0.3) is 6.08 Å². The quantitative estimate of drug-likeness (QED) is 0.373. The average Bonchev–Trinajstić information content (AvgIpc) is 2.65. The zero-order valence-electron chi connectivity index (χ0n) is 16.4. The number of carbonyl (C=O) groups excluding carboxylic acids is 2. The van der Waals surface area contributed by atoms with E-state index < -0.39 is 0 Å². The van der Waals surface area contributed by atoms with Crippen LogP contribution in [0, 0.1) is 5.92 Å². The Hall–Kier alpha value is -2.14. The van der Waals surface area contributed by atoms with Gasteiger partial charge in [0.15, 0.2) is 17.3 Å². The van der Waals surface area contributed by atoms with Gasteiger partial charge in [0, 0.05) is 13.0 Å². The van der Waals surface area contributed by atoms with Gasteiger partial charge in [0.2, 0.25) is 0 Å². The maximum Gasteiger partial charge on any atom is 0.163 e. The number of hydrogen-bond acceptors (Lipinski definition) is 5. The number of hydrogen-bond donors (Lipinski definition) is 2. The van der Waals surface area contributed by atoms with Gasteiger partial charge in [0.1, 0.15) is 5.78 Å². The molecule has 0 aliphatic heterocycles. The zero-order chi connectivity index (χ0) is 20.1. The number of carbonyl (C=O) groups is 2.